The molecule has 0 saturated carbocycles. The van der Waals surface area contributed by atoms with Crippen molar-refractivity contribution in [3.8, 4) is 11.5 Å². The normalized spacial score (nSPS) is 19.2. The van der Waals surface area contributed by atoms with Crippen LogP contribution in [-0.2, 0) is 20.9 Å². The standard InChI is InChI=1S/C30H30N4O5S/c1-19(35)27(31)21-15-25(40-18-21)16-33-29(38)30-13-11-22(12-14-30)34(30)26(36)17-32-28(37)20-7-9-24(10-8-20)39-23-5-3-2-4-6-23/h2-10,15,18,22,31H,11-14,16-17H2,1H3,(H,32,37)(H,33,38). The topological polar surface area (TPSA) is 129 Å². The summed E-state index contributed by atoms with van der Waals surface area (Å²) in [6.45, 7) is 1.40. The lowest BCUT2D eigenvalue weighted by Gasteiger charge is -2.33. The highest BCUT2D eigenvalue weighted by molar-refractivity contribution is 7.10. The van der Waals surface area contributed by atoms with Gasteiger partial charge in [-0.25, -0.2) is 0 Å². The molecule has 1 aromatic heterocycles. The second-order valence-electron chi connectivity index (χ2n) is 10.1. The number of fused-ring (bicyclic) bond motifs is 2. The van der Waals surface area contributed by atoms with Gasteiger partial charge in [-0.2, -0.15) is 0 Å². The first kappa shape index (κ1) is 27.3. The third-order valence-electron chi connectivity index (χ3n) is 7.51. The van der Waals surface area contributed by atoms with Crippen molar-refractivity contribution in [2.45, 2.75) is 50.7 Å². The number of benzene rings is 2. The summed E-state index contributed by atoms with van der Waals surface area (Å²) in [6.07, 6.45) is 2.65. The highest BCUT2D eigenvalue weighted by atomic mass is 32.1. The van der Waals surface area contributed by atoms with E-state index in [1.165, 1.54) is 18.3 Å². The van der Waals surface area contributed by atoms with E-state index in [-0.39, 0.29) is 48.3 Å². The van der Waals surface area contributed by atoms with Crippen molar-refractivity contribution in [3.05, 3.63) is 82.0 Å². The van der Waals surface area contributed by atoms with Gasteiger partial charge in [0.2, 0.25) is 11.8 Å². The number of carbonyl (C=O) groups excluding carboxylic acids is 4. The molecule has 10 heteroatoms. The molecule has 3 N–H and O–H groups in total. The SMILES string of the molecule is CC(=O)C(=N)c1csc(CNC(=O)C23CCC(CC2)N3C(=O)CNC(=O)c2ccc(Oc3ccccc3)cc2)c1. The number of thiophene rings is 1. The quantitative estimate of drug-likeness (QED) is 0.323. The highest BCUT2D eigenvalue weighted by Gasteiger charge is 2.58. The largest absolute Gasteiger partial charge is 0.457 e. The van der Waals surface area contributed by atoms with Crippen LogP contribution in [0.1, 0.15) is 53.4 Å². The number of hydrogen-bond acceptors (Lipinski definition) is 7. The van der Waals surface area contributed by atoms with Crippen molar-refractivity contribution in [1.29, 1.82) is 5.41 Å². The van der Waals surface area contributed by atoms with Gasteiger partial charge < -0.3 is 20.3 Å². The minimum absolute atomic E-state index is 0.0195. The Morgan fingerprint density at radius 1 is 0.975 bits per heavy atom. The molecule has 2 bridgehead atoms. The van der Waals surface area contributed by atoms with Crippen molar-refractivity contribution >= 4 is 40.6 Å². The van der Waals surface area contributed by atoms with Crippen LogP contribution in [0.25, 0.3) is 0 Å². The van der Waals surface area contributed by atoms with E-state index < -0.39 is 5.54 Å². The Morgan fingerprint density at radius 3 is 2.33 bits per heavy atom. The van der Waals surface area contributed by atoms with Gasteiger partial charge in [-0.05, 0) is 68.1 Å². The summed E-state index contributed by atoms with van der Waals surface area (Å²) in [5, 5.41) is 15.2. The fourth-order valence-corrected chi connectivity index (χ4v) is 6.30. The molecule has 3 amide bonds. The zero-order valence-corrected chi connectivity index (χ0v) is 22.9. The van der Waals surface area contributed by atoms with Gasteiger partial charge in [0.05, 0.1) is 13.1 Å². The van der Waals surface area contributed by atoms with E-state index in [0.717, 1.165) is 17.7 Å². The lowest BCUT2D eigenvalue weighted by molar-refractivity contribution is -0.143. The number of ketones is 1. The third kappa shape index (κ3) is 5.53. The van der Waals surface area contributed by atoms with Crippen LogP contribution in [0.2, 0.25) is 0 Å². The Bertz CT molecular complexity index is 1440. The molecular weight excluding hydrogens is 528 g/mol. The number of para-hydroxylation sites is 1. The molecular formula is C30H30N4O5S. The Kier molecular flexibility index (Phi) is 7.79. The Hall–Kier alpha value is -4.31. The van der Waals surface area contributed by atoms with Crippen LogP contribution in [0.15, 0.2) is 66.0 Å². The molecule has 206 valence electrons. The predicted molar refractivity (Wildman–Crippen MR) is 151 cm³/mol. The maximum atomic E-state index is 13.4. The average Bonchev–Trinajstić information content (AvgIpc) is 3.69. The van der Waals surface area contributed by atoms with Crippen LogP contribution >= 0.6 is 11.3 Å². The fraction of sp³-hybridized carbons (Fsp3) is 0.300. The number of hydrogen-bond donors (Lipinski definition) is 3. The number of nitrogens with zero attached hydrogens (tertiary/aromatic N) is 1. The third-order valence-corrected chi connectivity index (χ3v) is 8.45. The summed E-state index contributed by atoms with van der Waals surface area (Å²) in [7, 11) is 0. The Labute approximate surface area is 236 Å². The van der Waals surface area contributed by atoms with Crippen molar-refractivity contribution in [2.75, 3.05) is 6.54 Å². The number of Topliss-reactive ketones (excluding diaryl/α,β-unsaturated/α-hetero) is 1. The van der Waals surface area contributed by atoms with Gasteiger partial charge in [-0.3, -0.25) is 24.6 Å². The molecule has 0 unspecified atom stereocenters. The Morgan fingerprint density at radius 2 is 1.65 bits per heavy atom. The van der Waals surface area contributed by atoms with Gasteiger partial charge in [-0.1, -0.05) is 18.2 Å². The molecule has 5 rings (SSSR count). The second-order valence-corrected chi connectivity index (χ2v) is 11.1. The summed E-state index contributed by atoms with van der Waals surface area (Å²) in [4.78, 5) is 53.4. The molecule has 40 heavy (non-hydrogen) atoms. The monoisotopic (exact) mass is 558 g/mol. The lowest BCUT2D eigenvalue weighted by atomic mass is 9.87. The van der Waals surface area contributed by atoms with E-state index in [4.69, 9.17) is 10.1 Å². The molecule has 0 spiro atoms. The zero-order valence-electron chi connectivity index (χ0n) is 22.1. The van der Waals surface area contributed by atoms with Crippen LogP contribution in [0.4, 0.5) is 0 Å². The number of carbonyl (C=O) groups is 4. The van der Waals surface area contributed by atoms with Crippen molar-refractivity contribution < 1.29 is 23.9 Å². The molecule has 0 aliphatic carbocycles. The molecule has 2 saturated heterocycles. The molecule has 9 nitrogen and oxygen atoms in total. The van der Waals surface area contributed by atoms with Crippen molar-refractivity contribution in [3.63, 3.8) is 0 Å². The van der Waals surface area contributed by atoms with Crippen LogP contribution in [0.3, 0.4) is 0 Å². The van der Waals surface area contributed by atoms with Gasteiger partial charge in [-0.15, -0.1) is 11.3 Å². The molecule has 2 aromatic carbocycles. The molecule has 2 fully saturated rings. The summed E-state index contributed by atoms with van der Waals surface area (Å²) in [5.74, 6) is 0.104. The number of ether oxygens (including phenoxy) is 1. The molecule has 3 aromatic rings. The van der Waals surface area contributed by atoms with Gasteiger partial charge in [0, 0.05) is 34.3 Å². The summed E-state index contributed by atoms with van der Waals surface area (Å²) in [6, 6.07) is 17.7. The Balaban J connectivity index is 1.17. The highest BCUT2D eigenvalue weighted by Crippen LogP contribution is 2.46. The first-order valence-corrected chi connectivity index (χ1v) is 14.0. The first-order valence-electron chi connectivity index (χ1n) is 13.2. The van der Waals surface area contributed by atoms with Crippen molar-refractivity contribution in [2.24, 2.45) is 0 Å². The zero-order chi connectivity index (χ0) is 28.3. The van der Waals surface area contributed by atoms with E-state index in [0.29, 0.717) is 35.5 Å². The van der Waals surface area contributed by atoms with Gasteiger partial charge in [0.1, 0.15) is 22.7 Å². The molecule has 2 aliphatic rings. The number of amides is 3. The first-order chi connectivity index (χ1) is 19.3. The van der Waals surface area contributed by atoms with Crippen molar-refractivity contribution in [1.82, 2.24) is 15.5 Å². The minimum atomic E-state index is -0.922. The van der Waals surface area contributed by atoms with Gasteiger partial charge in [0.15, 0.2) is 5.78 Å². The van der Waals surface area contributed by atoms with E-state index >= 15 is 0 Å². The van der Waals surface area contributed by atoms with E-state index in [2.05, 4.69) is 10.6 Å². The maximum absolute atomic E-state index is 13.4. The summed E-state index contributed by atoms with van der Waals surface area (Å²) >= 11 is 1.37. The van der Waals surface area contributed by atoms with Crippen LogP contribution in [0, 0.1) is 5.41 Å². The second kappa shape index (κ2) is 11.4. The predicted octanol–water partition coefficient (Wildman–Crippen LogP) is 4.07. The van der Waals surface area contributed by atoms with Gasteiger partial charge >= 0.3 is 0 Å². The summed E-state index contributed by atoms with van der Waals surface area (Å²) < 4.78 is 5.76. The average molecular weight is 559 g/mol. The van der Waals surface area contributed by atoms with Crippen LogP contribution in [0.5, 0.6) is 11.5 Å². The maximum Gasteiger partial charge on any atom is 0.251 e. The summed E-state index contributed by atoms with van der Waals surface area (Å²) in [5.41, 5.74) is -0.0438. The minimum Gasteiger partial charge on any atom is -0.457 e. The molecule has 0 atom stereocenters. The van der Waals surface area contributed by atoms with E-state index in [9.17, 15) is 19.2 Å². The van der Waals surface area contributed by atoms with E-state index in [1.54, 1.807) is 40.6 Å². The fourth-order valence-electron chi connectivity index (χ4n) is 5.49. The number of nitrogens with one attached hydrogen (secondary N) is 3. The van der Waals surface area contributed by atoms with E-state index in [1.807, 2.05) is 30.3 Å². The molecule has 3 heterocycles. The smallest absolute Gasteiger partial charge is 0.251 e. The molecule has 2 aliphatic heterocycles. The van der Waals surface area contributed by atoms with Gasteiger partial charge in [0.25, 0.3) is 5.91 Å². The van der Waals surface area contributed by atoms with Crippen LogP contribution in [-0.4, -0.2) is 52.2 Å². The van der Waals surface area contributed by atoms with Crippen LogP contribution < -0.4 is 15.4 Å². The lowest BCUT2D eigenvalue weighted by Crippen LogP contribution is -2.57. The molecule has 0 radical (unpaired) electrons. The number of rotatable bonds is 10.